The molecule has 39 heavy (non-hydrogen) atoms. The van der Waals surface area contributed by atoms with E-state index in [1.165, 1.54) is 44.4 Å². The quantitative estimate of drug-likeness (QED) is 0.214. The third-order valence-corrected chi connectivity index (χ3v) is 8.01. The lowest BCUT2D eigenvalue weighted by Gasteiger charge is -2.23. The monoisotopic (exact) mass is 515 g/mol. The highest BCUT2D eigenvalue weighted by atomic mass is 16.3. The van der Waals surface area contributed by atoms with E-state index in [0.29, 0.717) is 11.8 Å². The molecule has 6 aromatic rings. The van der Waals surface area contributed by atoms with E-state index in [0.717, 1.165) is 22.3 Å². The third kappa shape index (κ3) is 4.07. The maximum atomic E-state index is 6.37. The first-order valence-corrected chi connectivity index (χ1v) is 14.2. The van der Waals surface area contributed by atoms with Crippen LogP contribution in [0.2, 0.25) is 0 Å². The van der Waals surface area contributed by atoms with Crippen molar-refractivity contribution in [1.82, 2.24) is 4.57 Å². The Morgan fingerprint density at radius 2 is 1.36 bits per heavy atom. The summed E-state index contributed by atoms with van der Waals surface area (Å²) in [6.07, 6.45) is 0. The highest BCUT2D eigenvalue weighted by Crippen LogP contribution is 2.39. The molecule has 0 fully saturated rings. The van der Waals surface area contributed by atoms with Crippen molar-refractivity contribution in [3.05, 3.63) is 95.8 Å². The molecule has 3 nitrogen and oxygen atoms in total. The van der Waals surface area contributed by atoms with Crippen LogP contribution in [0.25, 0.3) is 49.8 Å². The van der Waals surface area contributed by atoms with Crippen molar-refractivity contribution in [2.45, 2.75) is 65.7 Å². The summed E-state index contributed by atoms with van der Waals surface area (Å²) in [4.78, 5) is 0. The maximum Gasteiger partial charge on any atom is 0.267 e. The third-order valence-electron chi connectivity index (χ3n) is 8.01. The highest BCUT2D eigenvalue weighted by molar-refractivity contribution is 6.02. The van der Waals surface area contributed by atoms with Crippen LogP contribution < -0.4 is 4.57 Å². The second kappa shape index (κ2) is 9.12. The van der Waals surface area contributed by atoms with Crippen molar-refractivity contribution in [2.24, 2.45) is 7.05 Å². The van der Waals surface area contributed by atoms with Crippen LogP contribution in [0.1, 0.15) is 77.3 Å². The van der Waals surface area contributed by atoms with Crippen molar-refractivity contribution in [2.75, 3.05) is 0 Å². The molecule has 2 aromatic heterocycles. The largest absolute Gasteiger partial charge is 0.456 e. The number of para-hydroxylation sites is 1. The van der Waals surface area contributed by atoms with Gasteiger partial charge in [0.15, 0.2) is 11.0 Å². The first-order valence-electron chi connectivity index (χ1n) is 14.2. The number of furan rings is 1. The Bertz CT molecular complexity index is 1790. The minimum atomic E-state index is -0.0746. The minimum absolute atomic E-state index is 0.0746. The average molecular weight is 516 g/mol. The predicted octanol–water partition coefficient (Wildman–Crippen LogP) is 9.57. The summed E-state index contributed by atoms with van der Waals surface area (Å²) < 4.78 is 11.4. The summed E-state index contributed by atoms with van der Waals surface area (Å²) in [5.41, 5.74) is 8.52. The van der Waals surface area contributed by atoms with Gasteiger partial charge in [0.2, 0.25) is 0 Å². The molecule has 2 heterocycles. The maximum absolute atomic E-state index is 6.37. The Morgan fingerprint density at radius 3 is 1.97 bits per heavy atom. The number of benzene rings is 4. The van der Waals surface area contributed by atoms with E-state index in [1.54, 1.807) is 0 Å². The van der Waals surface area contributed by atoms with Gasteiger partial charge in [-0.1, -0.05) is 64.1 Å². The number of fused-ring (bicyclic) bond motifs is 4. The summed E-state index contributed by atoms with van der Waals surface area (Å²) >= 11 is 0. The highest BCUT2D eigenvalue weighted by Gasteiger charge is 2.37. The van der Waals surface area contributed by atoms with Crippen molar-refractivity contribution in [1.29, 1.82) is 0 Å². The molecule has 0 aliphatic heterocycles. The molecule has 0 aliphatic rings. The molecule has 0 aliphatic carbocycles. The first-order chi connectivity index (χ1) is 18.6. The van der Waals surface area contributed by atoms with Crippen molar-refractivity contribution in [3.63, 3.8) is 0 Å². The molecule has 0 N–H and O–H groups in total. The van der Waals surface area contributed by atoms with Gasteiger partial charge < -0.3 is 4.42 Å². The fraction of sp³-hybridized carbons (Fsp3) is 0.306. The molecular weight excluding hydrogens is 476 g/mol. The van der Waals surface area contributed by atoms with Crippen LogP contribution in [0.3, 0.4) is 0 Å². The Kier molecular flexibility index (Phi) is 5.95. The van der Waals surface area contributed by atoms with E-state index >= 15 is 0 Å². The van der Waals surface area contributed by atoms with E-state index in [2.05, 4.69) is 131 Å². The molecule has 0 saturated carbocycles. The first kappa shape index (κ1) is 25.4. The van der Waals surface area contributed by atoms with Crippen LogP contribution in [0, 0.1) is 0 Å². The molecular formula is C36H39N2O+. The van der Waals surface area contributed by atoms with Crippen LogP contribution >= 0.6 is 0 Å². The summed E-state index contributed by atoms with van der Waals surface area (Å²) in [7, 11) is 2.22. The summed E-state index contributed by atoms with van der Waals surface area (Å²) in [6, 6.07) is 28.5. The van der Waals surface area contributed by atoms with Crippen LogP contribution in [-0.4, -0.2) is 4.57 Å². The molecule has 0 radical (unpaired) electrons. The zero-order chi connectivity index (χ0) is 27.6. The predicted molar refractivity (Wildman–Crippen MR) is 164 cm³/mol. The number of hydrogen-bond acceptors (Lipinski definition) is 1. The molecule has 0 saturated heterocycles. The fourth-order valence-electron chi connectivity index (χ4n) is 6.26. The topological polar surface area (TPSA) is 21.9 Å². The Morgan fingerprint density at radius 1 is 0.744 bits per heavy atom. The van der Waals surface area contributed by atoms with E-state index < -0.39 is 0 Å². The molecule has 0 bridgehead atoms. The smallest absolute Gasteiger partial charge is 0.267 e. The molecule has 6 rings (SSSR count). The molecule has 4 aromatic carbocycles. The van der Waals surface area contributed by atoms with E-state index in [4.69, 9.17) is 4.42 Å². The lowest BCUT2D eigenvalue weighted by atomic mass is 9.88. The summed E-state index contributed by atoms with van der Waals surface area (Å²) in [6.45, 7) is 16.2. The van der Waals surface area contributed by atoms with Crippen LogP contribution in [0.15, 0.2) is 83.3 Å². The molecule has 0 amide bonds. The van der Waals surface area contributed by atoms with Gasteiger partial charge in [-0.3, -0.25) is 0 Å². The number of hydrogen-bond donors (Lipinski definition) is 0. The van der Waals surface area contributed by atoms with E-state index in [1.807, 2.05) is 12.1 Å². The lowest BCUT2D eigenvalue weighted by Crippen LogP contribution is -2.43. The number of nitrogens with zero attached hydrogens (tertiary/aromatic N) is 2. The molecule has 198 valence electrons. The second-order valence-electron chi connectivity index (χ2n) is 12.6. The number of rotatable bonds is 4. The van der Waals surface area contributed by atoms with Crippen LogP contribution in [0.4, 0.5) is 0 Å². The normalized spacial score (nSPS) is 12.6. The lowest BCUT2D eigenvalue weighted by molar-refractivity contribution is -0.582. The van der Waals surface area contributed by atoms with Gasteiger partial charge in [0, 0.05) is 27.5 Å². The Labute approximate surface area is 231 Å². The van der Waals surface area contributed by atoms with Gasteiger partial charge in [-0.2, -0.15) is 4.57 Å². The second-order valence-corrected chi connectivity index (χ2v) is 12.6. The van der Waals surface area contributed by atoms with Gasteiger partial charge in [0.1, 0.15) is 17.0 Å². The minimum Gasteiger partial charge on any atom is -0.456 e. The SMILES string of the molecule is CC(C)c1cc(-c2cc3ccccc3o2)cc(C(C)C)c1-[n+]1c(C(C)(C)C)n(C)c2ccc3ccccc3c21. The standard InChI is InChI=1S/C36H39N2O/c1-22(2)28-19-26(32-21-25-14-10-12-16-31(25)39-32)20-29(23(3)4)33(28)38-34-27-15-11-9-13-24(27)17-18-30(34)37(8)35(38)36(5,6)7/h9-23H,1-8H3/q+1. The molecule has 0 atom stereocenters. The number of aryl methyl sites for hydroxylation is 1. The summed E-state index contributed by atoms with van der Waals surface area (Å²) in [5, 5.41) is 3.69. The Balaban J connectivity index is 1.77. The van der Waals surface area contributed by atoms with Crippen molar-refractivity contribution >= 4 is 32.8 Å². The fourth-order valence-corrected chi connectivity index (χ4v) is 6.26. The Hall–Kier alpha value is -3.85. The average Bonchev–Trinajstić information content (AvgIpc) is 3.47. The van der Waals surface area contributed by atoms with Crippen molar-refractivity contribution < 1.29 is 8.98 Å². The van der Waals surface area contributed by atoms with Crippen LogP contribution in [0.5, 0.6) is 0 Å². The molecule has 3 heteroatoms. The van der Waals surface area contributed by atoms with Gasteiger partial charge in [0.05, 0.1) is 12.5 Å². The van der Waals surface area contributed by atoms with Gasteiger partial charge in [0.25, 0.3) is 5.82 Å². The van der Waals surface area contributed by atoms with Gasteiger partial charge in [-0.25, -0.2) is 4.57 Å². The van der Waals surface area contributed by atoms with Crippen molar-refractivity contribution in [3.8, 4) is 17.0 Å². The number of imidazole rings is 1. The molecule has 0 unspecified atom stereocenters. The van der Waals surface area contributed by atoms with E-state index in [-0.39, 0.29) is 5.41 Å². The van der Waals surface area contributed by atoms with Crippen LogP contribution in [-0.2, 0) is 12.5 Å². The van der Waals surface area contributed by atoms with Gasteiger partial charge >= 0.3 is 0 Å². The summed E-state index contributed by atoms with van der Waals surface area (Å²) in [5.74, 6) is 2.88. The zero-order valence-corrected chi connectivity index (χ0v) is 24.5. The zero-order valence-electron chi connectivity index (χ0n) is 24.5. The van der Waals surface area contributed by atoms with Gasteiger partial charge in [-0.15, -0.1) is 0 Å². The van der Waals surface area contributed by atoms with Gasteiger partial charge in [-0.05, 0) is 80.5 Å². The molecule has 0 spiro atoms. The number of aromatic nitrogens is 2. The van der Waals surface area contributed by atoms with E-state index in [9.17, 15) is 0 Å².